The first kappa shape index (κ1) is 19.3. The number of aliphatic hydroxyl groups is 2. The standard InChI is InChI=1S/C21H26N4O2S/c1-24(2)11-18-22-20(25-9-8-15(12-26)17(27)10-25)19-16(13-28-21(19)23-18)14-6-4-3-5-7-14/h3-7,13,15,17,26-27H,8-12H2,1-2H3/t15-,17-/m1/s1. The Bertz CT molecular complexity index is 944. The number of piperidine rings is 1. The van der Waals surface area contributed by atoms with Crippen molar-refractivity contribution in [1.82, 2.24) is 14.9 Å². The molecule has 2 N–H and O–H groups in total. The third kappa shape index (κ3) is 3.75. The van der Waals surface area contributed by atoms with E-state index in [4.69, 9.17) is 9.97 Å². The molecule has 7 heteroatoms. The van der Waals surface area contributed by atoms with Crippen molar-refractivity contribution in [2.75, 3.05) is 38.7 Å². The monoisotopic (exact) mass is 398 g/mol. The van der Waals surface area contributed by atoms with Crippen LogP contribution in [0.3, 0.4) is 0 Å². The number of thiophene rings is 1. The number of hydrogen-bond acceptors (Lipinski definition) is 7. The summed E-state index contributed by atoms with van der Waals surface area (Å²) in [5.74, 6) is 1.61. The highest BCUT2D eigenvalue weighted by Gasteiger charge is 2.30. The van der Waals surface area contributed by atoms with Crippen molar-refractivity contribution >= 4 is 27.4 Å². The molecule has 0 aliphatic carbocycles. The van der Waals surface area contributed by atoms with Gasteiger partial charge in [0.25, 0.3) is 0 Å². The van der Waals surface area contributed by atoms with Crippen LogP contribution in [0.4, 0.5) is 5.82 Å². The van der Waals surface area contributed by atoms with Gasteiger partial charge >= 0.3 is 0 Å². The number of fused-ring (bicyclic) bond motifs is 1. The van der Waals surface area contributed by atoms with Crippen LogP contribution in [0.1, 0.15) is 12.2 Å². The van der Waals surface area contributed by atoms with Gasteiger partial charge in [-0.05, 0) is 26.1 Å². The Morgan fingerprint density at radius 1 is 1.21 bits per heavy atom. The van der Waals surface area contributed by atoms with Crippen molar-refractivity contribution in [3.63, 3.8) is 0 Å². The summed E-state index contributed by atoms with van der Waals surface area (Å²) in [6, 6.07) is 10.3. The molecule has 0 radical (unpaired) electrons. The molecule has 0 amide bonds. The van der Waals surface area contributed by atoms with E-state index in [-0.39, 0.29) is 12.5 Å². The second-order valence-electron chi connectivity index (χ2n) is 7.64. The Labute approximate surface area is 169 Å². The second-order valence-corrected chi connectivity index (χ2v) is 8.50. The highest BCUT2D eigenvalue weighted by molar-refractivity contribution is 7.17. The van der Waals surface area contributed by atoms with Crippen LogP contribution < -0.4 is 4.90 Å². The highest BCUT2D eigenvalue weighted by atomic mass is 32.1. The van der Waals surface area contributed by atoms with Gasteiger partial charge in [-0.1, -0.05) is 30.3 Å². The molecule has 0 spiro atoms. The molecular weight excluding hydrogens is 372 g/mol. The molecule has 1 aliphatic rings. The van der Waals surface area contributed by atoms with E-state index in [2.05, 4.69) is 27.3 Å². The number of anilines is 1. The molecule has 1 aliphatic heterocycles. The SMILES string of the molecule is CN(C)Cc1nc(N2CC[C@H](CO)[C@H](O)C2)c2c(-c3ccccc3)csc2n1. The maximum atomic E-state index is 10.5. The van der Waals surface area contributed by atoms with E-state index < -0.39 is 6.10 Å². The Morgan fingerprint density at radius 2 is 2.00 bits per heavy atom. The van der Waals surface area contributed by atoms with Crippen molar-refractivity contribution in [3.8, 4) is 11.1 Å². The number of aliphatic hydroxyl groups excluding tert-OH is 2. The first-order valence-corrected chi connectivity index (χ1v) is 10.5. The van der Waals surface area contributed by atoms with E-state index in [1.54, 1.807) is 11.3 Å². The summed E-state index contributed by atoms with van der Waals surface area (Å²) in [6.45, 7) is 1.92. The van der Waals surface area contributed by atoms with Gasteiger partial charge in [-0.3, -0.25) is 0 Å². The molecule has 148 valence electrons. The molecule has 4 rings (SSSR count). The lowest BCUT2D eigenvalue weighted by Gasteiger charge is -2.36. The molecule has 2 aromatic heterocycles. The number of rotatable bonds is 5. The van der Waals surface area contributed by atoms with Gasteiger partial charge in [-0.25, -0.2) is 9.97 Å². The van der Waals surface area contributed by atoms with E-state index in [0.717, 1.165) is 46.0 Å². The fourth-order valence-electron chi connectivity index (χ4n) is 3.76. The lowest BCUT2D eigenvalue weighted by molar-refractivity contribution is 0.0546. The molecule has 0 unspecified atom stereocenters. The Morgan fingerprint density at radius 3 is 2.68 bits per heavy atom. The first-order valence-electron chi connectivity index (χ1n) is 9.59. The average Bonchev–Trinajstić information content (AvgIpc) is 3.11. The van der Waals surface area contributed by atoms with Crippen LogP contribution in [0.25, 0.3) is 21.3 Å². The first-order chi connectivity index (χ1) is 13.6. The number of aromatic nitrogens is 2. The number of β-amino-alcohol motifs (C(OH)–C–C–N with tert-alkyl or cyclic N) is 1. The van der Waals surface area contributed by atoms with E-state index in [1.807, 2.05) is 32.3 Å². The summed E-state index contributed by atoms with van der Waals surface area (Å²) in [7, 11) is 4.01. The minimum Gasteiger partial charge on any atom is -0.396 e. The predicted octanol–water partition coefficient (Wildman–Crippen LogP) is 2.60. The fourth-order valence-corrected chi connectivity index (χ4v) is 4.73. The van der Waals surface area contributed by atoms with Crippen LogP contribution in [0.5, 0.6) is 0 Å². The molecule has 1 fully saturated rings. The number of benzene rings is 1. The second kappa shape index (κ2) is 8.13. The molecule has 0 bridgehead atoms. The van der Waals surface area contributed by atoms with Gasteiger partial charge in [0.1, 0.15) is 16.5 Å². The molecule has 28 heavy (non-hydrogen) atoms. The molecule has 1 aromatic carbocycles. The van der Waals surface area contributed by atoms with Gasteiger partial charge in [0.05, 0.1) is 18.0 Å². The summed E-state index contributed by atoms with van der Waals surface area (Å²) >= 11 is 1.64. The van der Waals surface area contributed by atoms with Crippen LogP contribution in [0.15, 0.2) is 35.7 Å². The van der Waals surface area contributed by atoms with Gasteiger partial charge in [-0.2, -0.15) is 0 Å². The van der Waals surface area contributed by atoms with Crippen molar-refractivity contribution in [1.29, 1.82) is 0 Å². The van der Waals surface area contributed by atoms with Crippen molar-refractivity contribution in [2.24, 2.45) is 5.92 Å². The zero-order valence-electron chi connectivity index (χ0n) is 16.2. The molecule has 0 saturated carbocycles. The van der Waals surface area contributed by atoms with Gasteiger partial charge < -0.3 is 20.0 Å². The molecule has 3 aromatic rings. The molecule has 2 atom stereocenters. The summed E-state index contributed by atoms with van der Waals surface area (Å²) in [6.07, 6.45) is 0.191. The van der Waals surface area contributed by atoms with Gasteiger partial charge in [0.15, 0.2) is 0 Å². The minimum atomic E-state index is -0.556. The smallest absolute Gasteiger partial charge is 0.146 e. The van der Waals surface area contributed by atoms with Crippen molar-refractivity contribution in [3.05, 3.63) is 41.5 Å². The largest absolute Gasteiger partial charge is 0.396 e. The zero-order chi connectivity index (χ0) is 19.7. The predicted molar refractivity (Wildman–Crippen MR) is 114 cm³/mol. The van der Waals surface area contributed by atoms with Crippen LogP contribution in [0, 0.1) is 5.92 Å². The van der Waals surface area contributed by atoms with Crippen LogP contribution in [-0.4, -0.2) is 65.0 Å². The third-order valence-electron chi connectivity index (χ3n) is 5.26. The minimum absolute atomic E-state index is 0.0216. The van der Waals surface area contributed by atoms with Gasteiger partial charge in [-0.15, -0.1) is 11.3 Å². The lowest BCUT2D eigenvalue weighted by atomic mass is 9.94. The highest BCUT2D eigenvalue weighted by Crippen LogP contribution is 2.39. The topological polar surface area (TPSA) is 72.7 Å². The molecule has 1 saturated heterocycles. The molecule has 3 heterocycles. The van der Waals surface area contributed by atoms with Gasteiger partial charge in [0, 0.05) is 36.6 Å². The fraction of sp³-hybridized carbons (Fsp3) is 0.429. The molecule has 6 nitrogen and oxygen atoms in total. The van der Waals surface area contributed by atoms with Crippen LogP contribution >= 0.6 is 11.3 Å². The van der Waals surface area contributed by atoms with Crippen LogP contribution in [0.2, 0.25) is 0 Å². The van der Waals surface area contributed by atoms with E-state index in [1.165, 1.54) is 0 Å². The van der Waals surface area contributed by atoms with Gasteiger partial charge in [0.2, 0.25) is 0 Å². The quantitative estimate of drug-likeness (QED) is 0.688. The maximum absolute atomic E-state index is 10.5. The number of nitrogens with zero attached hydrogens (tertiary/aromatic N) is 4. The van der Waals surface area contributed by atoms with Crippen LogP contribution in [-0.2, 0) is 6.54 Å². The third-order valence-corrected chi connectivity index (χ3v) is 6.13. The normalized spacial score (nSPS) is 20.2. The average molecular weight is 399 g/mol. The van der Waals surface area contributed by atoms with E-state index in [0.29, 0.717) is 13.1 Å². The van der Waals surface area contributed by atoms with Crippen molar-refractivity contribution in [2.45, 2.75) is 19.1 Å². The summed E-state index contributed by atoms with van der Waals surface area (Å²) in [5.41, 5.74) is 2.27. The van der Waals surface area contributed by atoms with Crippen molar-refractivity contribution < 1.29 is 10.2 Å². The zero-order valence-corrected chi connectivity index (χ0v) is 17.1. The Kier molecular flexibility index (Phi) is 5.59. The maximum Gasteiger partial charge on any atom is 0.146 e. The van der Waals surface area contributed by atoms with E-state index in [9.17, 15) is 10.2 Å². The Hall–Kier alpha value is -2.06. The van der Waals surface area contributed by atoms with E-state index >= 15 is 0 Å². The Balaban J connectivity index is 1.83. The summed E-state index contributed by atoms with van der Waals surface area (Å²) in [4.78, 5) is 14.9. The summed E-state index contributed by atoms with van der Waals surface area (Å²) < 4.78 is 0. The lowest BCUT2D eigenvalue weighted by Crippen LogP contribution is -2.45. The number of hydrogen-bond donors (Lipinski definition) is 2. The molecular formula is C21H26N4O2S. The summed E-state index contributed by atoms with van der Waals surface area (Å²) in [5, 5.41) is 23.2.